The minimum absolute atomic E-state index is 0.241. The van der Waals surface area contributed by atoms with Gasteiger partial charge in [-0.15, -0.1) is 0 Å². The molecule has 1 aliphatic carbocycles. The topological polar surface area (TPSA) is 83.5 Å². The van der Waals surface area contributed by atoms with Crippen molar-refractivity contribution in [2.24, 2.45) is 0 Å². The van der Waals surface area contributed by atoms with E-state index in [0.29, 0.717) is 0 Å². The Labute approximate surface area is 140 Å². The van der Waals surface area contributed by atoms with Gasteiger partial charge in [0.05, 0.1) is 0 Å². The SMILES string of the molecule is O=C(O)[C@]1(NS(=O)(=O)C=Cc2ccccc2)C[C@@H]1c1ccccc1. The fourth-order valence-corrected chi connectivity index (χ4v) is 3.99. The molecule has 5 nitrogen and oxygen atoms in total. The number of hydrogen-bond donors (Lipinski definition) is 2. The number of aliphatic carboxylic acids is 1. The average molecular weight is 343 g/mol. The molecule has 1 fully saturated rings. The van der Waals surface area contributed by atoms with Gasteiger partial charge in [0.25, 0.3) is 0 Å². The molecule has 0 bridgehead atoms. The van der Waals surface area contributed by atoms with Gasteiger partial charge in [-0.2, -0.15) is 4.72 Å². The van der Waals surface area contributed by atoms with Crippen molar-refractivity contribution in [3.8, 4) is 0 Å². The van der Waals surface area contributed by atoms with E-state index in [1.165, 1.54) is 6.08 Å². The highest BCUT2D eigenvalue weighted by atomic mass is 32.2. The molecular weight excluding hydrogens is 326 g/mol. The minimum Gasteiger partial charge on any atom is -0.480 e. The molecule has 1 saturated carbocycles. The summed E-state index contributed by atoms with van der Waals surface area (Å²) < 4.78 is 26.9. The third-order valence-corrected chi connectivity index (χ3v) is 5.25. The zero-order valence-electron chi connectivity index (χ0n) is 12.8. The van der Waals surface area contributed by atoms with E-state index in [2.05, 4.69) is 4.72 Å². The lowest BCUT2D eigenvalue weighted by Gasteiger charge is -2.13. The number of carboxylic acid groups (broad SMARTS) is 1. The van der Waals surface area contributed by atoms with Gasteiger partial charge in [-0.1, -0.05) is 60.7 Å². The van der Waals surface area contributed by atoms with Crippen molar-refractivity contribution in [3.63, 3.8) is 0 Å². The first-order chi connectivity index (χ1) is 11.4. The summed E-state index contributed by atoms with van der Waals surface area (Å²) in [5.74, 6) is -1.52. The van der Waals surface area contributed by atoms with Crippen molar-refractivity contribution in [3.05, 3.63) is 77.2 Å². The quantitative estimate of drug-likeness (QED) is 0.844. The lowest BCUT2D eigenvalue weighted by atomic mass is 10.1. The first-order valence-corrected chi connectivity index (χ1v) is 9.03. The third-order valence-electron chi connectivity index (χ3n) is 4.11. The molecule has 0 aromatic heterocycles. The molecule has 24 heavy (non-hydrogen) atoms. The molecule has 0 radical (unpaired) electrons. The van der Waals surface area contributed by atoms with Gasteiger partial charge in [0, 0.05) is 11.3 Å². The normalized spacial score (nSPS) is 23.2. The van der Waals surface area contributed by atoms with Crippen LogP contribution < -0.4 is 4.72 Å². The van der Waals surface area contributed by atoms with Crippen LogP contribution in [0.5, 0.6) is 0 Å². The van der Waals surface area contributed by atoms with Gasteiger partial charge in [-0.05, 0) is 23.6 Å². The summed E-state index contributed by atoms with van der Waals surface area (Å²) in [6.45, 7) is 0. The van der Waals surface area contributed by atoms with Gasteiger partial charge in [-0.25, -0.2) is 8.42 Å². The second-order valence-corrected chi connectivity index (χ2v) is 7.37. The van der Waals surface area contributed by atoms with Crippen LogP contribution in [-0.2, 0) is 14.8 Å². The summed E-state index contributed by atoms with van der Waals surface area (Å²) in [7, 11) is -3.87. The number of benzene rings is 2. The van der Waals surface area contributed by atoms with E-state index in [0.717, 1.165) is 16.5 Å². The van der Waals surface area contributed by atoms with Crippen molar-refractivity contribution < 1.29 is 18.3 Å². The Bertz CT molecular complexity index is 862. The van der Waals surface area contributed by atoms with Crippen LogP contribution in [0.4, 0.5) is 0 Å². The van der Waals surface area contributed by atoms with Gasteiger partial charge < -0.3 is 5.11 Å². The lowest BCUT2D eigenvalue weighted by Crippen LogP contribution is -2.43. The molecule has 0 saturated heterocycles. The summed E-state index contributed by atoms with van der Waals surface area (Å²) in [6.07, 6.45) is 1.68. The highest BCUT2D eigenvalue weighted by Gasteiger charge is 2.63. The number of nitrogens with one attached hydrogen (secondary N) is 1. The number of carboxylic acids is 1. The molecule has 0 spiro atoms. The molecular formula is C18H17NO4S. The molecule has 0 aliphatic heterocycles. The van der Waals surface area contributed by atoms with Crippen LogP contribution in [0.2, 0.25) is 0 Å². The van der Waals surface area contributed by atoms with E-state index in [1.54, 1.807) is 24.3 Å². The van der Waals surface area contributed by atoms with Crippen LogP contribution in [0, 0.1) is 0 Å². The Balaban J connectivity index is 1.80. The highest BCUT2D eigenvalue weighted by molar-refractivity contribution is 7.92. The Morgan fingerprint density at radius 1 is 1.08 bits per heavy atom. The Kier molecular flexibility index (Phi) is 4.26. The average Bonchev–Trinajstić information content (AvgIpc) is 3.30. The van der Waals surface area contributed by atoms with Crippen molar-refractivity contribution in [2.45, 2.75) is 17.9 Å². The Morgan fingerprint density at radius 3 is 2.25 bits per heavy atom. The zero-order chi connectivity index (χ0) is 17.2. The number of hydrogen-bond acceptors (Lipinski definition) is 3. The molecule has 124 valence electrons. The fourth-order valence-electron chi connectivity index (χ4n) is 2.76. The zero-order valence-corrected chi connectivity index (χ0v) is 13.6. The van der Waals surface area contributed by atoms with Gasteiger partial charge in [0.2, 0.25) is 10.0 Å². The van der Waals surface area contributed by atoms with Gasteiger partial charge >= 0.3 is 5.97 Å². The summed E-state index contributed by atoms with van der Waals surface area (Å²) in [6, 6.07) is 18.0. The molecule has 1 aliphatic rings. The first kappa shape index (κ1) is 16.4. The van der Waals surface area contributed by atoms with Crippen LogP contribution in [0.3, 0.4) is 0 Å². The maximum Gasteiger partial charge on any atom is 0.325 e. The van der Waals surface area contributed by atoms with E-state index in [4.69, 9.17) is 0 Å². The van der Waals surface area contributed by atoms with E-state index >= 15 is 0 Å². The standard InChI is InChI=1S/C18H17NO4S/c20-17(21)18(13-16(18)15-9-5-2-6-10-15)19-24(22,23)12-11-14-7-3-1-4-8-14/h1-12,16,19H,13H2,(H,20,21)/t16-,18+/m1/s1. The minimum atomic E-state index is -3.87. The Hall–Kier alpha value is -2.44. The van der Waals surface area contributed by atoms with E-state index in [9.17, 15) is 18.3 Å². The molecule has 6 heteroatoms. The molecule has 0 amide bonds. The van der Waals surface area contributed by atoms with Crippen LogP contribution >= 0.6 is 0 Å². The predicted octanol–water partition coefficient (Wildman–Crippen LogP) is 2.59. The second-order valence-electron chi connectivity index (χ2n) is 5.80. The summed E-state index contributed by atoms with van der Waals surface area (Å²) in [5.41, 5.74) is 0.0681. The smallest absolute Gasteiger partial charge is 0.325 e. The maximum atomic E-state index is 12.3. The van der Waals surface area contributed by atoms with E-state index in [1.807, 2.05) is 36.4 Å². The fraction of sp³-hybridized carbons (Fsp3) is 0.167. The van der Waals surface area contributed by atoms with Crippen LogP contribution in [0.1, 0.15) is 23.5 Å². The second kappa shape index (κ2) is 6.22. The number of carbonyl (C=O) groups is 1. The molecule has 2 aromatic carbocycles. The molecule has 3 rings (SSSR count). The lowest BCUT2D eigenvalue weighted by molar-refractivity contribution is -0.140. The van der Waals surface area contributed by atoms with Crippen LogP contribution in [0.15, 0.2) is 66.1 Å². The first-order valence-electron chi connectivity index (χ1n) is 7.48. The number of rotatable bonds is 6. The number of sulfonamides is 1. The predicted molar refractivity (Wildman–Crippen MR) is 91.7 cm³/mol. The Morgan fingerprint density at radius 2 is 1.67 bits per heavy atom. The van der Waals surface area contributed by atoms with Crippen molar-refractivity contribution in [1.29, 1.82) is 0 Å². The maximum absolute atomic E-state index is 12.3. The van der Waals surface area contributed by atoms with Crippen LogP contribution in [0.25, 0.3) is 6.08 Å². The summed E-state index contributed by atoms with van der Waals surface area (Å²) in [4.78, 5) is 11.7. The van der Waals surface area contributed by atoms with Gasteiger partial charge in [0.15, 0.2) is 0 Å². The molecule has 0 heterocycles. The van der Waals surface area contributed by atoms with Gasteiger partial charge in [-0.3, -0.25) is 4.79 Å². The molecule has 2 aromatic rings. The summed E-state index contributed by atoms with van der Waals surface area (Å²) >= 11 is 0. The third kappa shape index (κ3) is 3.39. The largest absolute Gasteiger partial charge is 0.480 e. The van der Waals surface area contributed by atoms with Crippen molar-refractivity contribution >= 4 is 22.1 Å². The summed E-state index contributed by atoms with van der Waals surface area (Å²) in [5, 5.41) is 10.5. The monoisotopic (exact) mass is 343 g/mol. The molecule has 0 unspecified atom stereocenters. The van der Waals surface area contributed by atoms with Gasteiger partial charge in [0.1, 0.15) is 5.54 Å². The van der Waals surface area contributed by atoms with E-state index in [-0.39, 0.29) is 12.3 Å². The van der Waals surface area contributed by atoms with E-state index < -0.39 is 21.5 Å². The van der Waals surface area contributed by atoms with Crippen molar-refractivity contribution in [2.75, 3.05) is 0 Å². The molecule has 2 atom stereocenters. The highest BCUT2D eigenvalue weighted by Crippen LogP contribution is 2.52. The van der Waals surface area contributed by atoms with Crippen LogP contribution in [-0.4, -0.2) is 25.0 Å². The van der Waals surface area contributed by atoms with Crippen molar-refractivity contribution in [1.82, 2.24) is 4.72 Å². The molecule has 2 N–H and O–H groups in total.